The first-order valence-electron chi connectivity index (χ1n) is 11.7. The first-order chi connectivity index (χ1) is 18.5. The van der Waals surface area contributed by atoms with Crippen molar-refractivity contribution in [1.82, 2.24) is 15.3 Å². The summed E-state index contributed by atoms with van der Waals surface area (Å²) in [7, 11) is -3.95. The smallest absolute Gasteiger partial charge is 0.270 e. The number of aryl methyl sites for hydroxylation is 2. The minimum atomic E-state index is -3.95. The van der Waals surface area contributed by atoms with Gasteiger partial charge in [0.25, 0.3) is 21.6 Å². The number of hydrogen-bond acceptors (Lipinski definition) is 10. The van der Waals surface area contributed by atoms with Gasteiger partial charge in [0, 0.05) is 42.3 Å². The first kappa shape index (κ1) is 27.8. The van der Waals surface area contributed by atoms with E-state index in [9.17, 15) is 23.3 Å². The number of nitro groups is 1. The summed E-state index contributed by atoms with van der Waals surface area (Å²) < 4.78 is 33.2. The van der Waals surface area contributed by atoms with Gasteiger partial charge in [0.15, 0.2) is 5.11 Å². The lowest BCUT2D eigenvalue weighted by Gasteiger charge is -2.30. The summed E-state index contributed by atoms with van der Waals surface area (Å²) in [6, 6.07) is 11.5. The van der Waals surface area contributed by atoms with E-state index < -0.39 is 20.9 Å². The van der Waals surface area contributed by atoms with Gasteiger partial charge in [-0.1, -0.05) is 0 Å². The van der Waals surface area contributed by atoms with Crippen LogP contribution >= 0.6 is 12.2 Å². The van der Waals surface area contributed by atoms with E-state index in [4.69, 9.17) is 17.0 Å². The monoisotopic (exact) mass is 571 g/mol. The Kier molecular flexibility index (Phi) is 8.32. The number of ether oxygens (including phenoxy) is 1. The van der Waals surface area contributed by atoms with E-state index in [1.54, 1.807) is 19.9 Å². The number of nitrogens with zero attached hydrogens (tertiary/aromatic N) is 4. The molecule has 1 aliphatic rings. The van der Waals surface area contributed by atoms with Crippen LogP contribution in [0.1, 0.15) is 21.7 Å². The number of rotatable bonds is 7. The van der Waals surface area contributed by atoms with E-state index in [0.29, 0.717) is 49.1 Å². The molecule has 3 aromatic rings. The molecule has 0 unspecified atom stereocenters. The first-order valence-corrected chi connectivity index (χ1v) is 13.6. The zero-order valence-electron chi connectivity index (χ0n) is 21.0. The Morgan fingerprint density at radius 3 is 2.31 bits per heavy atom. The van der Waals surface area contributed by atoms with E-state index >= 15 is 0 Å². The Morgan fingerprint density at radius 2 is 1.69 bits per heavy atom. The van der Waals surface area contributed by atoms with Gasteiger partial charge in [-0.3, -0.25) is 20.2 Å². The Morgan fingerprint density at radius 1 is 1.05 bits per heavy atom. The lowest BCUT2D eigenvalue weighted by atomic mass is 10.1. The predicted octanol–water partition coefficient (Wildman–Crippen LogP) is 2.77. The average molecular weight is 572 g/mol. The molecule has 13 nitrogen and oxygen atoms in total. The molecule has 0 saturated carbocycles. The average Bonchev–Trinajstić information content (AvgIpc) is 2.88. The van der Waals surface area contributed by atoms with Crippen LogP contribution in [0.2, 0.25) is 0 Å². The van der Waals surface area contributed by atoms with Crippen molar-refractivity contribution in [2.45, 2.75) is 18.7 Å². The molecule has 0 bridgehead atoms. The third kappa shape index (κ3) is 7.01. The second-order valence-corrected chi connectivity index (χ2v) is 10.7. The molecule has 15 heteroatoms. The zero-order chi connectivity index (χ0) is 28.2. The Hall–Kier alpha value is -4.21. The minimum Gasteiger partial charge on any atom is -0.378 e. The number of sulfonamides is 1. The van der Waals surface area contributed by atoms with Crippen LogP contribution in [0.3, 0.4) is 0 Å². The number of carbonyl (C=O) groups is 1. The number of morpholine rings is 1. The highest BCUT2D eigenvalue weighted by atomic mass is 32.2. The Bertz CT molecular complexity index is 1500. The van der Waals surface area contributed by atoms with Crippen molar-refractivity contribution in [2.75, 3.05) is 41.2 Å². The van der Waals surface area contributed by atoms with Gasteiger partial charge in [0.05, 0.1) is 34.3 Å². The molecule has 2 heterocycles. The second-order valence-electron chi connectivity index (χ2n) is 8.57. The SMILES string of the molecule is Cc1cc(C)nc(NS(=O)(=O)c2ccc(NC(=S)NC(=O)c3cc([N+](=O)[O-])ccc3N3CCOCC3)cc2)n1. The van der Waals surface area contributed by atoms with Gasteiger partial charge in [-0.2, -0.15) is 0 Å². The maximum Gasteiger partial charge on any atom is 0.270 e. The largest absolute Gasteiger partial charge is 0.378 e. The number of nitrogens with one attached hydrogen (secondary N) is 3. The Balaban J connectivity index is 1.45. The van der Waals surface area contributed by atoms with Crippen molar-refractivity contribution in [2.24, 2.45) is 0 Å². The van der Waals surface area contributed by atoms with E-state index in [0.717, 1.165) is 0 Å². The number of hydrogen-bond donors (Lipinski definition) is 3. The molecule has 1 amide bonds. The topological polar surface area (TPSA) is 169 Å². The van der Waals surface area contributed by atoms with Gasteiger partial charge in [-0.15, -0.1) is 0 Å². The molecular weight excluding hydrogens is 546 g/mol. The fourth-order valence-electron chi connectivity index (χ4n) is 3.90. The molecule has 1 fully saturated rings. The molecule has 0 spiro atoms. The summed E-state index contributed by atoms with van der Waals surface area (Å²) in [5.41, 5.74) is 2.05. The number of thiocarbonyl (C=S) groups is 1. The molecule has 0 atom stereocenters. The van der Waals surface area contributed by atoms with Crippen LogP contribution in [0.15, 0.2) is 53.4 Å². The predicted molar refractivity (Wildman–Crippen MR) is 149 cm³/mol. The highest BCUT2D eigenvalue weighted by Crippen LogP contribution is 2.26. The standard InChI is InChI=1S/C24H25N7O6S2/c1-15-13-16(2)26-23(25-15)29-39(35,36)19-6-3-17(4-7-19)27-24(38)28-22(32)20-14-18(31(33)34)5-8-21(20)30-9-11-37-12-10-30/h3-8,13-14H,9-12H2,1-2H3,(H,25,26,29)(H2,27,28,32,38). The number of anilines is 3. The van der Waals surface area contributed by atoms with Gasteiger partial charge in [0.1, 0.15) is 0 Å². The van der Waals surface area contributed by atoms with Crippen molar-refractivity contribution in [3.63, 3.8) is 0 Å². The van der Waals surface area contributed by atoms with Crippen molar-refractivity contribution >= 4 is 56.3 Å². The summed E-state index contributed by atoms with van der Waals surface area (Å²) in [6.45, 7) is 5.46. The number of non-ortho nitro benzene ring substituents is 1. The van der Waals surface area contributed by atoms with Crippen LogP contribution in [0.25, 0.3) is 0 Å². The lowest BCUT2D eigenvalue weighted by Crippen LogP contribution is -2.39. The zero-order valence-corrected chi connectivity index (χ0v) is 22.6. The molecule has 1 aliphatic heterocycles. The van der Waals surface area contributed by atoms with E-state index in [1.807, 2.05) is 4.90 Å². The van der Waals surface area contributed by atoms with Crippen molar-refractivity contribution in [1.29, 1.82) is 0 Å². The summed E-state index contributed by atoms with van der Waals surface area (Å²) in [5.74, 6) is -0.661. The number of benzene rings is 2. The van der Waals surface area contributed by atoms with Crippen LogP contribution in [-0.2, 0) is 14.8 Å². The van der Waals surface area contributed by atoms with Crippen LogP contribution < -0.4 is 20.3 Å². The van der Waals surface area contributed by atoms with Crippen LogP contribution in [0.4, 0.5) is 23.0 Å². The lowest BCUT2D eigenvalue weighted by molar-refractivity contribution is -0.384. The number of amides is 1. The Labute approximate surface area is 229 Å². The summed E-state index contributed by atoms with van der Waals surface area (Å²) in [4.78, 5) is 33.9. The molecule has 1 saturated heterocycles. The van der Waals surface area contributed by atoms with Gasteiger partial charge >= 0.3 is 0 Å². The van der Waals surface area contributed by atoms with Gasteiger partial charge in [-0.25, -0.2) is 23.1 Å². The molecule has 204 valence electrons. The highest BCUT2D eigenvalue weighted by Gasteiger charge is 2.23. The maximum absolute atomic E-state index is 13.1. The molecule has 39 heavy (non-hydrogen) atoms. The van der Waals surface area contributed by atoms with Crippen molar-refractivity contribution < 1.29 is 22.9 Å². The molecule has 0 radical (unpaired) electrons. The molecular formula is C24H25N7O6S2. The summed E-state index contributed by atoms with van der Waals surface area (Å²) in [5, 5.41) is 16.6. The number of nitro benzene ring substituents is 1. The third-order valence-electron chi connectivity index (χ3n) is 5.64. The molecule has 1 aromatic heterocycles. The quantitative estimate of drug-likeness (QED) is 0.217. The molecule has 2 aromatic carbocycles. The van der Waals surface area contributed by atoms with Gasteiger partial charge < -0.3 is 15.0 Å². The van der Waals surface area contributed by atoms with Crippen LogP contribution in [0.5, 0.6) is 0 Å². The minimum absolute atomic E-state index is 0.0301. The summed E-state index contributed by atoms with van der Waals surface area (Å²) in [6.07, 6.45) is 0. The van der Waals surface area contributed by atoms with Crippen LogP contribution in [-0.4, -0.2) is 60.6 Å². The number of carbonyl (C=O) groups excluding carboxylic acids is 1. The van der Waals surface area contributed by atoms with Crippen molar-refractivity contribution in [3.8, 4) is 0 Å². The second kappa shape index (κ2) is 11.7. The normalized spacial score (nSPS) is 13.4. The summed E-state index contributed by atoms with van der Waals surface area (Å²) >= 11 is 5.26. The van der Waals surface area contributed by atoms with E-state index in [1.165, 1.54) is 42.5 Å². The fourth-order valence-corrected chi connectivity index (χ4v) is 5.05. The van der Waals surface area contributed by atoms with Crippen molar-refractivity contribution in [3.05, 3.63) is 75.6 Å². The fraction of sp³-hybridized carbons (Fsp3) is 0.250. The molecule has 4 rings (SSSR count). The molecule has 0 aliphatic carbocycles. The van der Waals surface area contributed by atoms with Gasteiger partial charge in [-0.05, 0) is 62.5 Å². The molecule has 3 N–H and O–H groups in total. The maximum atomic E-state index is 13.1. The van der Waals surface area contributed by atoms with Gasteiger partial charge in [0.2, 0.25) is 5.95 Å². The number of aromatic nitrogens is 2. The van der Waals surface area contributed by atoms with E-state index in [2.05, 4.69) is 25.3 Å². The third-order valence-corrected chi connectivity index (χ3v) is 7.19. The highest BCUT2D eigenvalue weighted by molar-refractivity contribution is 7.92. The van der Waals surface area contributed by atoms with E-state index in [-0.39, 0.29) is 27.2 Å². The van der Waals surface area contributed by atoms with Crippen LogP contribution in [0, 0.1) is 24.0 Å².